The van der Waals surface area contributed by atoms with E-state index in [1.165, 1.54) is 15.6 Å². The van der Waals surface area contributed by atoms with E-state index in [9.17, 15) is 8.42 Å². The number of hydrogen-bond donors (Lipinski definition) is 1. The van der Waals surface area contributed by atoms with Crippen molar-refractivity contribution in [3.63, 3.8) is 0 Å². The number of halogens is 1. The van der Waals surface area contributed by atoms with Gasteiger partial charge >= 0.3 is 0 Å². The molecule has 1 aromatic rings. The first-order valence-electron chi connectivity index (χ1n) is 6.59. The van der Waals surface area contributed by atoms with Crippen molar-refractivity contribution < 1.29 is 13.2 Å². The Bertz CT molecular complexity index is 625. The van der Waals surface area contributed by atoms with Gasteiger partial charge in [-0.1, -0.05) is 6.08 Å². The minimum Gasteiger partial charge on any atom is -0.380 e. The Morgan fingerprint density at radius 3 is 2.86 bits per heavy atom. The second-order valence-corrected chi connectivity index (χ2v) is 9.15. The van der Waals surface area contributed by atoms with Gasteiger partial charge in [0, 0.05) is 31.6 Å². The predicted molar refractivity (Wildman–Crippen MR) is 88.1 cm³/mol. The maximum Gasteiger partial charge on any atom is 0.245 e. The third-order valence-corrected chi connectivity index (χ3v) is 7.39. The first-order valence-corrected chi connectivity index (χ1v) is 9.63. The quantitative estimate of drug-likeness (QED) is 0.751. The zero-order valence-electron chi connectivity index (χ0n) is 12.1. The molecular weight excluding hydrogens is 376 g/mol. The average molecular weight is 395 g/mol. The molecule has 8 heteroatoms. The Balaban J connectivity index is 2.19. The minimum atomic E-state index is -3.44. The molecule has 1 aliphatic heterocycles. The number of nitrogens with zero attached hydrogens (tertiary/aromatic N) is 1. The van der Waals surface area contributed by atoms with Crippen LogP contribution < -0.4 is 5.32 Å². The molecule has 1 aromatic heterocycles. The van der Waals surface area contributed by atoms with Crippen LogP contribution in [0.4, 0.5) is 0 Å². The van der Waals surface area contributed by atoms with E-state index in [4.69, 9.17) is 4.74 Å². The number of rotatable bonds is 6. The summed E-state index contributed by atoms with van der Waals surface area (Å²) in [5, 5.41) is 3.03. The Morgan fingerprint density at radius 1 is 1.52 bits per heavy atom. The lowest BCUT2D eigenvalue weighted by molar-refractivity contribution is 0.219. The second kappa shape index (κ2) is 7.34. The number of nitrogens with one attached hydrogen (secondary N) is 1. The molecule has 0 aromatic carbocycles. The van der Waals surface area contributed by atoms with Crippen molar-refractivity contribution in [3.8, 4) is 0 Å². The largest absolute Gasteiger partial charge is 0.380 e. The van der Waals surface area contributed by atoms with Crippen LogP contribution in [0, 0.1) is 0 Å². The highest BCUT2D eigenvalue weighted by Crippen LogP contribution is 2.34. The van der Waals surface area contributed by atoms with Crippen LogP contribution in [-0.4, -0.2) is 46.6 Å². The van der Waals surface area contributed by atoms with Crippen LogP contribution in [0.25, 0.3) is 0 Å². The molecule has 1 aliphatic rings. The molecule has 5 nitrogen and oxygen atoms in total. The fourth-order valence-electron chi connectivity index (χ4n) is 2.20. The maximum absolute atomic E-state index is 12.7. The summed E-state index contributed by atoms with van der Waals surface area (Å²) < 4.78 is 32.7. The van der Waals surface area contributed by atoms with Gasteiger partial charge in [-0.05, 0) is 41.0 Å². The van der Waals surface area contributed by atoms with E-state index in [-0.39, 0.29) is 0 Å². The summed E-state index contributed by atoms with van der Waals surface area (Å²) in [7, 11) is 0.0455. The van der Waals surface area contributed by atoms with E-state index in [1.54, 1.807) is 13.2 Å². The molecule has 0 saturated heterocycles. The molecular formula is C13H19BrN2O3S2. The summed E-state index contributed by atoms with van der Waals surface area (Å²) in [6, 6.07) is 1.75. The lowest BCUT2D eigenvalue weighted by Crippen LogP contribution is -2.35. The van der Waals surface area contributed by atoms with Crippen LogP contribution in [0.15, 0.2) is 26.4 Å². The van der Waals surface area contributed by atoms with Crippen molar-refractivity contribution >= 4 is 37.3 Å². The smallest absolute Gasteiger partial charge is 0.245 e. The van der Waals surface area contributed by atoms with Gasteiger partial charge < -0.3 is 10.1 Å². The first kappa shape index (κ1) is 17.1. The molecule has 0 fully saturated rings. The van der Waals surface area contributed by atoms with E-state index in [0.717, 1.165) is 16.9 Å². The summed E-state index contributed by atoms with van der Waals surface area (Å²) in [5.41, 5.74) is 1.16. The molecule has 21 heavy (non-hydrogen) atoms. The van der Waals surface area contributed by atoms with Gasteiger partial charge in [-0.2, -0.15) is 4.31 Å². The highest BCUT2D eigenvalue weighted by atomic mass is 79.9. The van der Waals surface area contributed by atoms with Gasteiger partial charge in [0.25, 0.3) is 0 Å². The van der Waals surface area contributed by atoms with E-state index < -0.39 is 10.0 Å². The average Bonchev–Trinajstić information content (AvgIpc) is 2.82. The third kappa shape index (κ3) is 3.94. The van der Waals surface area contributed by atoms with Gasteiger partial charge in [-0.15, -0.1) is 11.3 Å². The molecule has 0 aliphatic carbocycles. The number of ether oxygens (including phenoxy) is 1. The van der Waals surface area contributed by atoms with Gasteiger partial charge in [0.15, 0.2) is 0 Å². The van der Waals surface area contributed by atoms with Crippen LogP contribution in [0.1, 0.15) is 11.3 Å². The third-order valence-electron chi connectivity index (χ3n) is 3.27. The first-order chi connectivity index (χ1) is 9.98. The Labute approximate surface area is 138 Å². The van der Waals surface area contributed by atoms with Crippen molar-refractivity contribution in [2.75, 3.05) is 33.9 Å². The molecule has 0 radical (unpaired) electrons. The van der Waals surface area contributed by atoms with Gasteiger partial charge in [0.05, 0.1) is 10.4 Å². The highest BCUT2D eigenvalue weighted by Gasteiger charge is 2.29. The molecule has 0 bridgehead atoms. The molecule has 0 amide bonds. The van der Waals surface area contributed by atoms with Crippen LogP contribution in [0.5, 0.6) is 0 Å². The Hall–Kier alpha value is -0.250. The molecule has 0 saturated carbocycles. The van der Waals surface area contributed by atoms with Crippen LogP contribution in [0.2, 0.25) is 0 Å². The second-order valence-electron chi connectivity index (χ2n) is 4.79. The van der Waals surface area contributed by atoms with Crippen molar-refractivity contribution in [2.45, 2.75) is 17.9 Å². The van der Waals surface area contributed by atoms with Crippen LogP contribution in [-0.2, 0) is 21.3 Å². The molecule has 0 unspecified atom stereocenters. The van der Waals surface area contributed by atoms with Gasteiger partial charge in [-0.25, -0.2) is 8.42 Å². The van der Waals surface area contributed by atoms with Gasteiger partial charge in [0.2, 0.25) is 10.0 Å². The fraction of sp³-hybridized carbons (Fsp3) is 0.538. The van der Waals surface area contributed by atoms with E-state index in [0.29, 0.717) is 34.9 Å². The van der Waals surface area contributed by atoms with Crippen molar-refractivity contribution in [3.05, 3.63) is 26.4 Å². The van der Waals surface area contributed by atoms with Crippen LogP contribution in [0.3, 0.4) is 0 Å². The van der Waals surface area contributed by atoms with Crippen LogP contribution >= 0.6 is 27.3 Å². The zero-order valence-corrected chi connectivity index (χ0v) is 15.3. The topological polar surface area (TPSA) is 58.6 Å². The van der Waals surface area contributed by atoms with Gasteiger partial charge in [0.1, 0.15) is 4.90 Å². The summed E-state index contributed by atoms with van der Waals surface area (Å²) in [5.74, 6) is 0. The Kier molecular flexibility index (Phi) is 5.98. The molecule has 0 spiro atoms. The predicted octanol–water partition coefficient (Wildman–Crippen LogP) is 2.20. The zero-order chi connectivity index (χ0) is 15.5. The molecule has 2 heterocycles. The summed E-state index contributed by atoms with van der Waals surface area (Å²) in [6.07, 6.45) is 2.66. The summed E-state index contributed by atoms with van der Waals surface area (Å²) in [4.78, 5) is 1.36. The highest BCUT2D eigenvalue weighted by molar-refractivity contribution is 9.11. The SMILES string of the molecule is CNCc1cc(S(=O)(=O)N2CC=C(COC)CC2)c(Br)s1. The molecule has 0 atom stereocenters. The standard InChI is InChI=1S/C13H19BrN2O3S2/c1-15-8-11-7-12(13(14)20-11)21(17,18)16-5-3-10(4-6-16)9-19-2/h3,7,15H,4-6,8-9H2,1-2H3. The number of hydrogen-bond acceptors (Lipinski definition) is 5. The number of thiophene rings is 1. The number of methoxy groups -OCH3 is 1. The minimum absolute atomic E-state index is 0.362. The lowest BCUT2D eigenvalue weighted by atomic mass is 10.1. The fourth-order valence-corrected chi connectivity index (χ4v) is 6.23. The molecule has 1 N–H and O–H groups in total. The van der Waals surface area contributed by atoms with E-state index in [1.807, 2.05) is 13.1 Å². The Morgan fingerprint density at radius 2 is 2.29 bits per heavy atom. The lowest BCUT2D eigenvalue weighted by Gasteiger charge is -2.25. The summed E-state index contributed by atoms with van der Waals surface area (Å²) in [6.45, 7) is 2.14. The molecule has 2 rings (SSSR count). The maximum atomic E-state index is 12.7. The van der Waals surface area contributed by atoms with E-state index in [2.05, 4.69) is 21.2 Å². The monoisotopic (exact) mass is 394 g/mol. The molecule has 118 valence electrons. The van der Waals surface area contributed by atoms with E-state index >= 15 is 0 Å². The number of sulfonamides is 1. The van der Waals surface area contributed by atoms with Crippen molar-refractivity contribution in [2.24, 2.45) is 0 Å². The van der Waals surface area contributed by atoms with Crippen molar-refractivity contribution in [1.29, 1.82) is 0 Å². The summed E-state index contributed by atoms with van der Waals surface area (Å²) >= 11 is 4.83. The normalized spacial score (nSPS) is 17.0. The van der Waals surface area contributed by atoms with Crippen molar-refractivity contribution in [1.82, 2.24) is 9.62 Å². The van der Waals surface area contributed by atoms with Gasteiger partial charge in [-0.3, -0.25) is 0 Å².